The standard InChI is InChI=1S/C12H17NO3/c14-11(6-5-10-3-1-2-4-10)13-12-9-15-7-8-16-12/h7-10H,1-6H2,(H,13,14). The zero-order valence-corrected chi connectivity index (χ0v) is 9.28. The van der Waals surface area contributed by atoms with Gasteiger partial charge in [-0.3, -0.25) is 10.1 Å². The van der Waals surface area contributed by atoms with Crippen LogP contribution in [0.4, 0.5) is 0 Å². The average Bonchev–Trinajstić information content (AvgIpc) is 2.81. The normalized spacial score (nSPS) is 19.9. The molecule has 1 fully saturated rings. The van der Waals surface area contributed by atoms with Gasteiger partial charge in [0.05, 0.1) is 0 Å². The Balaban J connectivity index is 1.65. The number of carbonyl (C=O) groups is 1. The van der Waals surface area contributed by atoms with Crippen LogP contribution in [-0.2, 0) is 14.3 Å². The van der Waals surface area contributed by atoms with Crippen molar-refractivity contribution in [2.45, 2.75) is 38.5 Å². The summed E-state index contributed by atoms with van der Waals surface area (Å²) in [5.74, 6) is 1.10. The van der Waals surface area contributed by atoms with E-state index in [0.29, 0.717) is 12.3 Å². The molecule has 2 rings (SSSR count). The summed E-state index contributed by atoms with van der Waals surface area (Å²) in [4.78, 5) is 11.6. The second-order valence-electron chi connectivity index (χ2n) is 4.25. The third kappa shape index (κ3) is 3.29. The van der Waals surface area contributed by atoms with Crippen molar-refractivity contribution in [3.63, 3.8) is 0 Å². The molecule has 0 spiro atoms. The van der Waals surface area contributed by atoms with E-state index in [2.05, 4.69) is 5.32 Å². The van der Waals surface area contributed by atoms with Gasteiger partial charge in [-0.25, -0.2) is 0 Å². The first-order valence-electron chi connectivity index (χ1n) is 5.82. The van der Waals surface area contributed by atoms with Crippen molar-refractivity contribution < 1.29 is 14.3 Å². The zero-order valence-electron chi connectivity index (χ0n) is 9.28. The van der Waals surface area contributed by atoms with Crippen LogP contribution in [0.5, 0.6) is 0 Å². The quantitative estimate of drug-likeness (QED) is 0.796. The Morgan fingerprint density at radius 3 is 2.88 bits per heavy atom. The molecule has 0 radical (unpaired) electrons. The number of hydrogen-bond acceptors (Lipinski definition) is 3. The molecule has 1 saturated carbocycles. The molecule has 1 heterocycles. The van der Waals surface area contributed by atoms with Crippen LogP contribution >= 0.6 is 0 Å². The highest BCUT2D eigenvalue weighted by atomic mass is 16.5. The molecule has 0 unspecified atom stereocenters. The molecule has 0 saturated heterocycles. The molecule has 1 aliphatic carbocycles. The van der Waals surface area contributed by atoms with Crippen LogP contribution in [0.25, 0.3) is 0 Å². The lowest BCUT2D eigenvalue weighted by Gasteiger charge is -2.12. The Morgan fingerprint density at radius 1 is 1.38 bits per heavy atom. The highest BCUT2D eigenvalue weighted by Crippen LogP contribution is 2.28. The summed E-state index contributed by atoms with van der Waals surface area (Å²) in [6.45, 7) is 0. The summed E-state index contributed by atoms with van der Waals surface area (Å²) in [6, 6.07) is 0. The van der Waals surface area contributed by atoms with Crippen molar-refractivity contribution in [3.8, 4) is 0 Å². The van der Waals surface area contributed by atoms with E-state index in [4.69, 9.17) is 9.47 Å². The van der Waals surface area contributed by atoms with E-state index in [1.165, 1.54) is 44.5 Å². The molecule has 88 valence electrons. The second-order valence-corrected chi connectivity index (χ2v) is 4.25. The second kappa shape index (κ2) is 5.58. The van der Waals surface area contributed by atoms with Gasteiger partial charge in [-0.05, 0) is 12.3 Å². The molecule has 0 atom stereocenters. The largest absolute Gasteiger partial charge is 0.464 e. The van der Waals surface area contributed by atoms with E-state index in [-0.39, 0.29) is 5.91 Å². The van der Waals surface area contributed by atoms with Crippen LogP contribution in [0.15, 0.2) is 24.7 Å². The number of nitrogens with one attached hydrogen (secondary N) is 1. The summed E-state index contributed by atoms with van der Waals surface area (Å²) in [7, 11) is 0. The third-order valence-electron chi connectivity index (χ3n) is 3.02. The van der Waals surface area contributed by atoms with Crippen molar-refractivity contribution in [2.24, 2.45) is 5.92 Å². The summed E-state index contributed by atoms with van der Waals surface area (Å²) in [6.07, 6.45) is 10.9. The molecule has 1 amide bonds. The van der Waals surface area contributed by atoms with Gasteiger partial charge in [-0.1, -0.05) is 25.7 Å². The lowest BCUT2D eigenvalue weighted by molar-refractivity contribution is -0.121. The van der Waals surface area contributed by atoms with E-state index in [9.17, 15) is 4.79 Å². The molecule has 4 heteroatoms. The first kappa shape index (κ1) is 11.0. The predicted molar refractivity (Wildman–Crippen MR) is 58.7 cm³/mol. The molecule has 0 aromatic carbocycles. The molecular formula is C12H17NO3. The minimum absolute atomic E-state index is 0.00273. The first-order valence-corrected chi connectivity index (χ1v) is 5.82. The molecule has 1 aliphatic heterocycles. The monoisotopic (exact) mass is 223 g/mol. The Bertz CT molecular complexity index is 303. The summed E-state index contributed by atoms with van der Waals surface area (Å²) in [5, 5.41) is 2.67. The van der Waals surface area contributed by atoms with E-state index < -0.39 is 0 Å². The lowest BCUT2D eigenvalue weighted by Crippen LogP contribution is -2.24. The minimum atomic E-state index is -0.00273. The molecule has 1 N–H and O–H groups in total. The maximum absolute atomic E-state index is 11.6. The van der Waals surface area contributed by atoms with E-state index in [1.807, 2.05) is 0 Å². The molecule has 2 aliphatic rings. The number of rotatable bonds is 4. The number of ether oxygens (including phenoxy) is 2. The SMILES string of the molecule is O=C(CCC1CCCC1)NC1=COC=CO1. The average molecular weight is 223 g/mol. The fourth-order valence-corrected chi connectivity index (χ4v) is 2.16. The Hall–Kier alpha value is -1.45. The van der Waals surface area contributed by atoms with Gasteiger partial charge in [0.1, 0.15) is 12.5 Å². The minimum Gasteiger partial charge on any atom is -0.464 e. The number of hydrogen-bond donors (Lipinski definition) is 1. The number of carbonyl (C=O) groups excluding carboxylic acids is 1. The topological polar surface area (TPSA) is 47.6 Å². The molecular weight excluding hydrogens is 206 g/mol. The maximum atomic E-state index is 11.6. The van der Waals surface area contributed by atoms with Gasteiger partial charge in [0, 0.05) is 6.42 Å². The fraction of sp³-hybridized carbons (Fsp3) is 0.583. The van der Waals surface area contributed by atoms with Crippen molar-refractivity contribution in [2.75, 3.05) is 0 Å². The molecule has 0 bridgehead atoms. The molecule has 0 aromatic heterocycles. The smallest absolute Gasteiger partial charge is 0.234 e. The van der Waals surface area contributed by atoms with E-state index in [1.54, 1.807) is 0 Å². The maximum Gasteiger partial charge on any atom is 0.234 e. The van der Waals surface area contributed by atoms with Crippen molar-refractivity contribution >= 4 is 5.91 Å². The molecule has 16 heavy (non-hydrogen) atoms. The summed E-state index contributed by atoms with van der Waals surface area (Å²) < 4.78 is 9.92. The van der Waals surface area contributed by atoms with E-state index in [0.717, 1.165) is 12.3 Å². The molecule has 4 nitrogen and oxygen atoms in total. The van der Waals surface area contributed by atoms with E-state index >= 15 is 0 Å². The van der Waals surface area contributed by atoms with Crippen LogP contribution in [0.2, 0.25) is 0 Å². The zero-order chi connectivity index (χ0) is 11.2. The van der Waals surface area contributed by atoms with Gasteiger partial charge in [0.2, 0.25) is 11.8 Å². The van der Waals surface area contributed by atoms with Crippen LogP contribution in [0, 0.1) is 5.92 Å². The highest BCUT2D eigenvalue weighted by molar-refractivity contribution is 5.77. The van der Waals surface area contributed by atoms with Crippen molar-refractivity contribution in [1.29, 1.82) is 0 Å². The van der Waals surface area contributed by atoms with Crippen LogP contribution in [0.1, 0.15) is 38.5 Å². The summed E-state index contributed by atoms with van der Waals surface area (Å²) in [5.41, 5.74) is 0. The van der Waals surface area contributed by atoms with Gasteiger partial charge in [-0.15, -0.1) is 0 Å². The van der Waals surface area contributed by atoms with Gasteiger partial charge >= 0.3 is 0 Å². The predicted octanol–water partition coefficient (Wildman–Crippen LogP) is 2.39. The van der Waals surface area contributed by atoms with Crippen molar-refractivity contribution in [3.05, 3.63) is 24.7 Å². The molecule has 0 aromatic rings. The van der Waals surface area contributed by atoms with Gasteiger partial charge in [0.15, 0.2) is 6.26 Å². The van der Waals surface area contributed by atoms with Crippen LogP contribution in [-0.4, -0.2) is 5.91 Å². The van der Waals surface area contributed by atoms with Gasteiger partial charge < -0.3 is 9.47 Å². The van der Waals surface area contributed by atoms with Crippen molar-refractivity contribution in [1.82, 2.24) is 5.32 Å². The Labute approximate surface area is 95.3 Å². The Morgan fingerprint density at radius 2 is 2.19 bits per heavy atom. The van der Waals surface area contributed by atoms with Gasteiger partial charge in [0.25, 0.3) is 0 Å². The first-order chi connectivity index (χ1) is 7.84. The third-order valence-corrected chi connectivity index (χ3v) is 3.02. The number of amides is 1. The lowest BCUT2D eigenvalue weighted by atomic mass is 10.0. The van der Waals surface area contributed by atoms with Crippen LogP contribution in [0.3, 0.4) is 0 Å². The highest BCUT2D eigenvalue weighted by Gasteiger charge is 2.16. The van der Waals surface area contributed by atoms with Gasteiger partial charge in [-0.2, -0.15) is 0 Å². The Kier molecular flexibility index (Phi) is 3.86. The fourth-order valence-electron chi connectivity index (χ4n) is 2.16. The van der Waals surface area contributed by atoms with Crippen LogP contribution < -0.4 is 5.32 Å². The summed E-state index contributed by atoms with van der Waals surface area (Å²) >= 11 is 0.